The Kier molecular flexibility index (Phi) is 6.44. The number of hydrogen-bond donors (Lipinski definition) is 3. The standard InChI is InChI=1S/C14H16N4O4S/c1-2-3-13(19)18-14(20)10(8-15)9-17-11-4-6-12(7-5-11)23(16,21)22/h4-7,9,17H,2-3H2,1H3,(H2,16,21,22)(H,18,19,20). The highest BCUT2D eigenvalue weighted by atomic mass is 32.2. The number of imide groups is 1. The SMILES string of the molecule is CCCC(=O)NC(=O)C(C#N)=CNc1ccc(S(N)(=O)=O)cc1. The molecule has 8 nitrogen and oxygen atoms in total. The van der Waals surface area contributed by atoms with Crippen LogP contribution in [0.2, 0.25) is 0 Å². The Labute approximate surface area is 134 Å². The summed E-state index contributed by atoms with van der Waals surface area (Å²) in [6, 6.07) is 7.08. The Balaban J connectivity index is 2.79. The average Bonchev–Trinajstić information content (AvgIpc) is 2.47. The van der Waals surface area contributed by atoms with Gasteiger partial charge < -0.3 is 5.32 Å². The molecular weight excluding hydrogens is 320 g/mol. The van der Waals surface area contributed by atoms with E-state index in [1.165, 1.54) is 24.3 Å². The van der Waals surface area contributed by atoms with Crippen molar-refractivity contribution in [2.75, 3.05) is 5.32 Å². The maximum absolute atomic E-state index is 11.7. The molecule has 0 aliphatic carbocycles. The number of hydrogen-bond acceptors (Lipinski definition) is 6. The molecule has 0 aliphatic heterocycles. The van der Waals surface area contributed by atoms with E-state index in [0.29, 0.717) is 12.1 Å². The van der Waals surface area contributed by atoms with Crippen LogP contribution >= 0.6 is 0 Å². The molecule has 4 N–H and O–H groups in total. The molecule has 122 valence electrons. The number of carbonyl (C=O) groups excluding carboxylic acids is 2. The quantitative estimate of drug-likeness (QED) is 0.513. The number of carbonyl (C=O) groups is 2. The third-order valence-electron chi connectivity index (χ3n) is 2.66. The summed E-state index contributed by atoms with van der Waals surface area (Å²) in [5.74, 6) is -1.27. The van der Waals surface area contributed by atoms with E-state index in [9.17, 15) is 18.0 Å². The van der Waals surface area contributed by atoms with E-state index in [1.807, 2.05) is 0 Å². The molecule has 0 unspecified atom stereocenters. The number of nitriles is 1. The van der Waals surface area contributed by atoms with Crippen LogP contribution in [0.4, 0.5) is 5.69 Å². The van der Waals surface area contributed by atoms with E-state index < -0.39 is 21.8 Å². The number of amides is 2. The number of rotatable bonds is 6. The Bertz CT molecular complexity index is 761. The highest BCUT2D eigenvalue weighted by molar-refractivity contribution is 7.89. The normalized spacial score (nSPS) is 11.4. The third kappa shape index (κ3) is 5.90. The fourth-order valence-electron chi connectivity index (χ4n) is 1.53. The second-order valence-electron chi connectivity index (χ2n) is 4.51. The zero-order chi connectivity index (χ0) is 17.5. The van der Waals surface area contributed by atoms with Gasteiger partial charge in [-0.05, 0) is 30.7 Å². The van der Waals surface area contributed by atoms with Crippen molar-refractivity contribution in [2.45, 2.75) is 24.7 Å². The Hall–Kier alpha value is -2.70. The van der Waals surface area contributed by atoms with Crippen LogP contribution in [0, 0.1) is 11.3 Å². The minimum atomic E-state index is -3.79. The maximum Gasteiger partial charge on any atom is 0.269 e. The van der Waals surface area contributed by atoms with Crippen LogP contribution in [0.1, 0.15) is 19.8 Å². The summed E-state index contributed by atoms with van der Waals surface area (Å²) in [7, 11) is -3.79. The number of primary sulfonamides is 1. The molecule has 0 saturated heterocycles. The molecule has 0 saturated carbocycles. The van der Waals surface area contributed by atoms with Crippen LogP contribution in [0.5, 0.6) is 0 Å². The largest absolute Gasteiger partial charge is 0.360 e. The molecule has 0 radical (unpaired) electrons. The number of benzene rings is 1. The molecule has 0 aromatic heterocycles. The molecule has 1 aromatic carbocycles. The van der Waals surface area contributed by atoms with Crippen molar-refractivity contribution in [3.63, 3.8) is 0 Å². The van der Waals surface area contributed by atoms with Gasteiger partial charge in [-0.3, -0.25) is 14.9 Å². The van der Waals surface area contributed by atoms with Gasteiger partial charge in [0.2, 0.25) is 15.9 Å². The number of nitrogens with zero attached hydrogens (tertiary/aromatic N) is 1. The van der Waals surface area contributed by atoms with Crippen LogP contribution in [0.3, 0.4) is 0 Å². The molecule has 0 atom stereocenters. The van der Waals surface area contributed by atoms with Crippen LogP contribution < -0.4 is 15.8 Å². The van der Waals surface area contributed by atoms with Crippen molar-refractivity contribution < 1.29 is 18.0 Å². The molecule has 1 aromatic rings. The van der Waals surface area contributed by atoms with Gasteiger partial charge in [0, 0.05) is 18.3 Å². The molecule has 0 heterocycles. The molecule has 1 rings (SSSR count). The number of nitrogens with two attached hydrogens (primary N) is 1. The smallest absolute Gasteiger partial charge is 0.269 e. The molecule has 0 fully saturated rings. The van der Waals surface area contributed by atoms with E-state index in [4.69, 9.17) is 10.4 Å². The summed E-state index contributed by atoms with van der Waals surface area (Å²) in [4.78, 5) is 23.0. The Morgan fingerprint density at radius 3 is 2.39 bits per heavy atom. The zero-order valence-electron chi connectivity index (χ0n) is 12.4. The first-order valence-corrected chi connectivity index (χ1v) is 8.16. The van der Waals surface area contributed by atoms with Gasteiger partial charge in [-0.25, -0.2) is 13.6 Å². The summed E-state index contributed by atoms with van der Waals surface area (Å²) >= 11 is 0. The van der Waals surface area contributed by atoms with Crippen molar-refractivity contribution in [2.24, 2.45) is 5.14 Å². The minimum absolute atomic E-state index is 0.0598. The number of nitrogens with one attached hydrogen (secondary N) is 2. The molecule has 9 heteroatoms. The second kappa shape index (κ2) is 8.07. The van der Waals surface area contributed by atoms with Crippen LogP contribution in [-0.4, -0.2) is 20.2 Å². The average molecular weight is 336 g/mol. The van der Waals surface area contributed by atoms with Gasteiger partial charge in [0.1, 0.15) is 11.6 Å². The fourth-order valence-corrected chi connectivity index (χ4v) is 2.04. The highest BCUT2D eigenvalue weighted by Gasteiger charge is 2.12. The Morgan fingerprint density at radius 2 is 1.91 bits per heavy atom. The molecule has 0 aliphatic rings. The van der Waals surface area contributed by atoms with E-state index >= 15 is 0 Å². The van der Waals surface area contributed by atoms with Gasteiger partial charge in [0.15, 0.2) is 0 Å². The van der Waals surface area contributed by atoms with E-state index in [-0.39, 0.29) is 16.9 Å². The molecular formula is C14H16N4O4S. The zero-order valence-corrected chi connectivity index (χ0v) is 13.2. The number of sulfonamides is 1. The Morgan fingerprint density at radius 1 is 1.30 bits per heavy atom. The van der Waals surface area contributed by atoms with Gasteiger partial charge in [-0.2, -0.15) is 5.26 Å². The summed E-state index contributed by atoms with van der Waals surface area (Å²) in [6.07, 6.45) is 1.90. The molecule has 0 bridgehead atoms. The van der Waals surface area contributed by atoms with Gasteiger partial charge in [-0.15, -0.1) is 0 Å². The van der Waals surface area contributed by atoms with Gasteiger partial charge in [0.05, 0.1) is 4.90 Å². The van der Waals surface area contributed by atoms with Crippen molar-refractivity contribution in [3.05, 3.63) is 36.0 Å². The van der Waals surface area contributed by atoms with Gasteiger partial charge in [0.25, 0.3) is 5.91 Å². The second-order valence-corrected chi connectivity index (χ2v) is 6.07. The van der Waals surface area contributed by atoms with Crippen LogP contribution in [-0.2, 0) is 19.6 Å². The monoisotopic (exact) mass is 336 g/mol. The summed E-state index contributed by atoms with van der Waals surface area (Å²) < 4.78 is 22.2. The molecule has 23 heavy (non-hydrogen) atoms. The maximum atomic E-state index is 11.7. The predicted molar refractivity (Wildman–Crippen MR) is 83.2 cm³/mol. The van der Waals surface area contributed by atoms with Gasteiger partial charge >= 0.3 is 0 Å². The molecule has 2 amide bonds. The van der Waals surface area contributed by atoms with Crippen LogP contribution in [0.15, 0.2) is 40.9 Å². The fraction of sp³-hybridized carbons (Fsp3) is 0.214. The summed E-state index contributed by atoms with van der Waals surface area (Å²) in [5, 5.41) is 18.7. The number of anilines is 1. The molecule has 0 spiro atoms. The van der Waals surface area contributed by atoms with Crippen molar-refractivity contribution in [1.29, 1.82) is 5.26 Å². The summed E-state index contributed by atoms with van der Waals surface area (Å²) in [6.45, 7) is 1.79. The lowest BCUT2D eigenvalue weighted by molar-refractivity contribution is -0.128. The lowest BCUT2D eigenvalue weighted by atomic mass is 10.2. The highest BCUT2D eigenvalue weighted by Crippen LogP contribution is 2.13. The van der Waals surface area contributed by atoms with E-state index in [1.54, 1.807) is 13.0 Å². The van der Waals surface area contributed by atoms with Gasteiger partial charge in [-0.1, -0.05) is 6.92 Å². The van der Waals surface area contributed by atoms with Crippen molar-refractivity contribution in [3.8, 4) is 6.07 Å². The van der Waals surface area contributed by atoms with E-state index in [2.05, 4.69) is 10.6 Å². The van der Waals surface area contributed by atoms with Crippen molar-refractivity contribution >= 4 is 27.5 Å². The minimum Gasteiger partial charge on any atom is -0.360 e. The first kappa shape index (κ1) is 18.3. The lowest BCUT2D eigenvalue weighted by Crippen LogP contribution is -2.31. The first-order chi connectivity index (χ1) is 10.8. The lowest BCUT2D eigenvalue weighted by Gasteiger charge is -2.04. The third-order valence-corrected chi connectivity index (χ3v) is 3.59. The first-order valence-electron chi connectivity index (χ1n) is 6.61. The predicted octanol–water partition coefficient (Wildman–Crippen LogP) is 0.596. The summed E-state index contributed by atoms with van der Waals surface area (Å²) in [5.41, 5.74) is 0.155. The van der Waals surface area contributed by atoms with E-state index in [0.717, 1.165) is 6.20 Å². The van der Waals surface area contributed by atoms with Crippen molar-refractivity contribution in [1.82, 2.24) is 5.32 Å². The topological polar surface area (TPSA) is 142 Å². The van der Waals surface area contributed by atoms with Crippen LogP contribution in [0.25, 0.3) is 0 Å².